The second-order valence-corrected chi connectivity index (χ2v) is 10.6. The molecule has 7 rings (SSSR count). The molecular formula is C39H28N4O. The van der Waals surface area contributed by atoms with E-state index in [0.717, 1.165) is 66.7 Å². The van der Waals surface area contributed by atoms with Gasteiger partial charge >= 0.3 is 0 Å². The molecule has 0 bridgehead atoms. The molecule has 0 fully saturated rings. The van der Waals surface area contributed by atoms with E-state index in [-0.39, 0.29) is 0 Å². The maximum absolute atomic E-state index is 9.63. The summed E-state index contributed by atoms with van der Waals surface area (Å²) >= 11 is 0. The van der Waals surface area contributed by atoms with Gasteiger partial charge in [-0.1, -0.05) is 97.1 Å². The summed E-state index contributed by atoms with van der Waals surface area (Å²) in [6.45, 7) is 0. The number of fused-ring (bicyclic) bond motifs is 3. The van der Waals surface area contributed by atoms with Crippen molar-refractivity contribution in [1.82, 2.24) is 0 Å². The van der Waals surface area contributed by atoms with Crippen molar-refractivity contribution in [2.45, 2.75) is 6.17 Å². The largest absolute Gasteiger partial charge is 0.455 e. The van der Waals surface area contributed by atoms with Gasteiger partial charge in [0.2, 0.25) is 0 Å². The van der Waals surface area contributed by atoms with Gasteiger partial charge in [-0.3, -0.25) is 4.99 Å². The number of nitrogens with one attached hydrogen (secondary N) is 1. The first kappa shape index (κ1) is 26.9. The van der Waals surface area contributed by atoms with E-state index in [4.69, 9.17) is 10.2 Å². The lowest BCUT2D eigenvalue weighted by Gasteiger charge is -2.16. The van der Waals surface area contributed by atoms with Crippen LogP contribution in [0.3, 0.4) is 0 Å². The predicted molar refractivity (Wildman–Crippen MR) is 180 cm³/mol. The van der Waals surface area contributed by atoms with E-state index in [1.807, 2.05) is 97.1 Å². The number of nitriles is 1. The fourth-order valence-electron chi connectivity index (χ4n) is 5.54. The summed E-state index contributed by atoms with van der Waals surface area (Å²) in [6, 6.07) is 48.5. The fraction of sp³-hybridized carbons (Fsp3) is 0.0256. The number of hydrogen-bond acceptors (Lipinski definition) is 5. The van der Waals surface area contributed by atoms with Gasteiger partial charge in [-0.05, 0) is 64.7 Å². The molecule has 1 aromatic heterocycles. The first-order chi connectivity index (χ1) is 21.7. The van der Waals surface area contributed by atoms with Crippen molar-refractivity contribution in [3.8, 4) is 28.3 Å². The van der Waals surface area contributed by atoms with Gasteiger partial charge in [-0.15, -0.1) is 0 Å². The Kier molecular flexibility index (Phi) is 7.17. The van der Waals surface area contributed by atoms with E-state index in [1.54, 1.807) is 6.21 Å². The minimum atomic E-state index is -0.504. The Morgan fingerprint density at radius 3 is 2.36 bits per heavy atom. The van der Waals surface area contributed by atoms with Crippen LogP contribution in [0, 0.1) is 11.3 Å². The Bertz CT molecular complexity index is 2190. The standard InChI is InChI=1S/C39H28N4O/c40-24-27-11-6-12-28(21-27)35-23-29(32-16-8-17-34-33-15-4-5-18-37(33)44-38(32)34)19-20-36(35)43-31-14-7-13-30(22-31)39(41)42-25-26-9-2-1-3-10-26/h1-23,25,39,43H,41H2. The number of para-hydroxylation sites is 2. The summed E-state index contributed by atoms with van der Waals surface area (Å²) in [5.74, 6) is 0. The molecule has 3 N–H and O–H groups in total. The number of benzene rings is 6. The summed E-state index contributed by atoms with van der Waals surface area (Å²) in [4.78, 5) is 4.57. The van der Waals surface area contributed by atoms with Gasteiger partial charge in [0.25, 0.3) is 0 Å². The molecule has 210 valence electrons. The molecule has 0 radical (unpaired) electrons. The minimum absolute atomic E-state index is 0.504. The summed E-state index contributed by atoms with van der Waals surface area (Å²) in [6.07, 6.45) is 1.29. The molecule has 0 aliphatic heterocycles. The number of hydrogen-bond donors (Lipinski definition) is 2. The number of nitrogens with two attached hydrogens (primary N) is 1. The Morgan fingerprint density at radius 1 is 0.705 bits per heavy atom. The summed E-state index contributed by atoms with van der Waals surface area (Å²) in [5, 5.41) is 15.4. The Balaban J connectivity index is 1.28. The van der Waals surface area contributed by atoms with Crippen LogP contribution in [-0.4, -0.2) is 6.21 Å². The molecule has 7 aromatic rings. The van der Waals surface area contributed by atoms with E-state index < -0.39 is 6.17 Å². The molecule has 0 aliphatic carbocycles. The van der Waals surface area contributed by atoms with Gasteiger partial charge in [0.1, 0.15) is 17.3 Å². The summed E-state index contributed by atoms with van der Waals surface area (Å²) < 4.78 is 6.35. The Labute approximate surface area is 255 Å². The fourth-order valence-corrected chi connectivity index (χ4v) is 5.54. The molecule has 0 amide bonds. The van der Waals surface area contributed by atoms with Crippen LogP contribution in [-0.2, 0) is 0 Å². The lowest BCUT2D eigenvalue weighted by molar-refractivity contribution is 0.670. The van der Waals surface area contributed by atoms with Crippen LogP contribution in [0.5, 0.6) is 0 Å². The normalized spacial score (nSPS) is 12.0. The molecule has 6 aromatic carbocycles. The number of aliphatic imine (C=N–C) groups is 1. The van der Waals surface area contributed by atoms with E-state index >= 15 is 0 Å². The molecule has 44 heavy (non-hydrogen) atoms. The highest BCUT2D eigenvalue weighted by atomic mass is 16.3. The van der Waals surface area contributed by atoms with E-state index in [0.29, 0.717) is 5.56 Å². The molecule has 0 spiro atoms. The molecular weight excluding hydrogens is 540 g/mol. The second kappa shape index (κ2) is 11.7. The van der Waals surface area contributed by atoms with Crippen LogP contribution in [0.1, 0.15) is 22.9 Å². The Morgan fingerprint density at radius 2 is 1.48 bits per heavy atom. The van der Waals surface area contributed by atoms with Crippen molar-refractivity contribution in [3.05, 3.63) is 156 Å². The minimum Gasteiger partial charge on any atom is -0.455 e. The molecule has 1 atom stereocenters. The first-order valence-electron chi connectivity index (χ1n) is 14.4. The van der Waals surface area contributed by atoms with Gasteiger partial charge in [0, 0.05) is 39.5 Å². The van der Waals surface area contributed by atoms with E-state index in [9.17, 15) is 5.26 Å². The van der Waals surface area contributed by atoms with Crippen LogP contribution in [0.4, 0.5) is 11.4 Å². The highest BCUT2D eigenvalue weighted by Crippen LogP contribution is 2.39. The van der Waals surface area contributed by atoms with Crippen LogP contribution in [0.15, 0.2) is 149 Å². The molecule has 1 unspecified atom stereocenters. The number of furan rings is 1. The third-order valence-electron chi connectivity index (χ3n) is 7.73. The molecule has 5 nitrogen and oxygen atoms in total. The summed E-state index contributed by atoms with van der Waals surface area (Å²) in [5.41, 5.74) is 16.4. The van der Waals surface area contributed by atoms with Gasteiger partial charge in [0.05, 0.1) is 11.6 Å². The van der Waals surface area contributed by atoms with Gasteiger partial charge < -0.3 is 15.5 Å². The first-order valence-corrected chi connectivity index (χ1v) is 14.4. The highest BCUT2D eigenvalue weighted by Gasteiger charge is 2.15. The number of anilines is 2. The quantitative estimate of drug-likeness (QED) is 0.187. The number of nitrogens with zero attached hydrogens (tertiary/aromatic N) is 2. The molecule has 0 saturated heterocycles. The van der Waals surface area contributed by atoms with Crippen LogP contribution in [0.25, 0.3) is 44.2 Å². The van der Waals surface area contributed by atoms with E-state index in [1.165, 1.54) is 0 Å². The third-order valence-corrected chi connectivity index (χ3v) is 7.73. The van der Waals surface area contributed by atoms with Crippen molar-refractivity contribution in [1.29, 1.82) is 5.26 Å². The lowest BCUT2D eigenvalue weighted by Crippen LogP contribution is -2.08. The van der Waals surface area contributed by atoms with Crippen LogP contribution in [0.2, 0.25) is 0 Å². The van der Waals surface area contributed by atoms with E-state index in [2.05, 4.69) is 58.8 Å². The SMILES string of the molecule is N#Cc1cccc(-c2cc(-c3cccc4c3oc3ccccc34)ccc2Nc2cccc(C(N)N=Cc3ccccc3)c2)c1. The monoisotopic (exact) mass is 568 g/mol. The maximum Gasteiger partial charge on any atom is 0.143 e. The lowest BCUT2D eigenvalue weighted by atomic mass is 9.95. The molecule has 5 heteroatoms. The highest BCUT2D eigenvalue weighted by molar-refractivity contribution is 6.09. The number of rotatable bonds is 7. The van der Waals surface area contributed by atoms with Crippen molar-refractivity contribution in [3.63, 3.8) is 0 Å². The van der Waals surface area contributed by atoms with Crippen molar-refractivity contribution in [2.75, 3.05) is 5.32 Å². The zero-order valence-corrected chi connectivity index (χ0v) is 23.8. The van der Waals surface area contributed by atoms with Crippen molar-refractivity contribution < 1.29 is 4.42 Å². The molecule has 0 aliphatic rings. The molecule has 1 heterocycles. The van der Waals surface area contributed by atoms with Crippen molar-refractivity contribution in [2.24, 2.45) is 10.7 Å². The van der Waals surface area contributed by atoms with Gasteiger partial charge in [-0.2, -0.15) is 5.26 Å². The topological polar surface area (TPSA) is 87.3 Å². The average molecular weight is 569 g/mol. The zero-order chi connectivity index (χ0) is 29.9. The predicted octanol–water partition coefficient (Wildman–Crippen LogP) is 9.61. The summed E-state index contributed by atoms with van der Waals surface area (Å²) in [7, 11) is 0. The van der Waals surface area contributed by atoms with Gasteiger partial charge in [0.15, 0.2) is 0 Å². The van der Waals surface area contributed by atoms with Crippen LogP contribution < -0.4 is 11.1 Å². The smallest absolute Gasteiger partial charge is 0.143 e. The maximum atomic E-state index is 9.63. The average Bonchev–Trinajstić information content (AvgIpc) is 3.47. The van der Waals surface area contributed by atoms with Crippen LogP contribution >= 0.6 is 0 Å². The Hall–Kier alpha value is -5.96. The second-order valence-electron chi connectivity index (χ2n) is 10.6. The molecule has 0 saturated carbocycles. The van der Waals surface area contributed by atoms with Gasteiger partial charge in [-0.25, -0.2) is 0 Å². The third kappa shape index (κ3) is 5.34. The van der Waals surface area contributed by atoms with Crippen molar-refractivity contribution >= 4 is 39.5 Å². The zero-order valence-electron chi connectivity index (χ0n) is 23.8.